The quantitative estimate of drug-likeness (QED) is 0.602. The molecule has 1 fully saturated rings. The molecule has 0 saturated carbocycles. The molecule has 2 aromatic heterocycles. The monoisotopic (exact) mass is 411 g/mol. The van der Waals surface area contributed by atoms with Crippen LogP contribution in [0.4, 0.5) is 5.82 Å². The number of aromatic nitrogens is 2. The fraction of sp³-hybridized carbons (Fsp3) is 0.381. The zero-order valence-corrected chi connectivity index (χ0v) is 17.3. The van der Waals surface area contributed by atoms with Crippen LogP contribution in [0.1, 0.15) is 0 Å². The molecular formula is C21H25N5O2S. The molecule has 1 aliphatic heterocycles. The number of piperazine rings is 1. The van der Waals surface area contributed by atoms with Crippen LogP contribution in [0.3, 0.4) is 0 Å². The Bertz CT molecular complexity index is 954. The first-order chi connectivity index (χ1) is 14.2. The molecule has 1 saturated heterocycles. The van der Waals surface area contributed by atoms with E-state index in [2.05, 4.69) is 55.4 Å². The van der Waals surface area contributed by atoms with Crippen molar-refractivity contribution in [2.75, 3.05) is 57.9 Å². The van der Waals surface area contributed by atoms with Crippen molar-refractivity contribution >= 4 is 33.3 Å². The second-order valence-corrected chi connectivity index (χ2v) is 8.03. The van der Waals surface area contributed by atoms with Gasteiger partial charge in [0.1, 0.15) is 17.0 Å². The van der Waals surface area contributed by atoms with E-state index >= 15 is 0 Å². The van der Waals surface area contributed by atoms with Gasteiger partial charge in [-0.1, -0.05) is 30.3 Å². The summed E-state index contributed by atoms with van der Waals surface area (Å²) in [5.74, 6) is 1.03. The van der Waals surface area contributed by atoms with Gasteiger partial charge < -0.3 is 15.0 Å². The summed E-state index contributed by atoms with van der Waals surface area (Å²) in [5.41, 5.74) is 1.20. The number of nitrogens with zero attached hydrogens (tertiary/aromatic N) is 4. The minimum absolute atomic E-state index is 0.0465. The van der Waals surface area contributed by atoms with Crippen molar-refractivity contribution in [1.82, 2.24) is 20.2 Å². The fourth-order valence-corrected chi connectivity index (χ4v) is 4.51. The van der Waals surface area contributed by atoms with Crippen LogP contribution in [0.2, 0.25) is 0 Å². The maximum Gasteiger partial charge on any atom is 0.234 e. The maximum absolute atomic E-state index is 12.0. The van der Waals surface area contributed by atoms with Crippen molar-refractivity contribution in [3.8, 4) is 10.4 Å². The Morgan fingerprint density at radius 3 is 2.72 bits per heavy atom. The summed E-state index contributed by atoms with van der Waals surface area (Å²) in [4.78, 5) is 27.8. The third-order valence-corrected chi connectivity index (χ3v) is 6.13. The Morgan fingerprint density at radius 1 is 1.17 bits per heavy atom. The molecule has 1 amide bonds. The van der Waals surface area contributed by atoms with Crippen molar-refractivity contribution in [2.24, 2.45) is 0 Å². The summed E-state index contributed by atoms with van der Waals surface area (Å²) < 4.78 is 4.96. The van der Waals surface area contributed by atoms with Gasteiger partial charge in [-0.15, -0.1) is 11.3 Å². The molecule has 1 aliphatic rings. The highest BCUT2D eigenvalue weighted by Crippen LogP contribution is 2.36. The zero-order valence-electron chi connectivity index (χ0n) is 16.5. The average molecular weight is 412 g/mol. The van der Waals surface area contributed by atoms with Gasteiger partial charge in [-0.25, -0.2) is 9.97 Å². The number of hydrogen-bond donors (Lipinski definition) is 1. The number of carbonyl (C=O) groups is 1. The topological polar surface area (TPSA) is 70.6 Å². The van der Waals surface area contributed by atoms with Gasteiger partial charge in [0.15, 0.2) is 0 Å². The Morgan fingerprint density at radius 2 is 1.97 bits per heavy atom. The second kappa shape index (κ2) is 9.30. The molecule has 0 spiro atoms. The van der Waals surface area contributed by atoms with Crippen LogP contribution >= 0.6 is 11.3 Å². The number of carbonyl (C=O) groups excluding carboxylic acids is 1. The summed E-state index contributed by atoms with van der Waals surface area (Å²) in [6.07, 6.45) is 1.65. The zero-order chi connectivity index (χ0) is 20.1. The highest BCUT2D eigenvalue weighted by Gasteiger charge is 2.22. The molecule has 3 heterocycles. The van der Waals surface area contributed by atoms with Crippen LogP contribution in [0.15, 0.2) is 42.7 Å². The molecule has 1 aromatic carbocycles. The Labute approximate surface area is 174 Å². The summed E-state index contributed by atoms with van der Waals surface area (Å²) in [5, 5.41) is 3.98. The van der Waals surface area contributed by atoms with Crippen LogP contribution in [0.5, 0.6) is 0 Å². The summed E-state index contributed by atoms with van der Waals surface area (Å²) in [6, 6.07) is 12.6. The lowest BCUT2D eigenvalue weighted by Crippen LogP contribution is -2.50. The molecule has 152 valence electrons. The minimum Gasteiger partial charge on any atom is -0.383 e. The molecule has 3 aromatic rings. The molecule has 0 aliphatic carbocycles. The molecule has 0 radical (unpaired) electrons. The number of benzene rings is 1. The molecule has 8 heteroatoms. The van der Waals surface area contributed by atoms with Crippen LogP contribution < -0.4 is 10.2 Å². The summed E-state index contributed by atoms with van der Waals surface area (Å²) in [7, 11) is 1.63. The third kappa shape index (κ3) is 4.72. The van der Waals surface area contributed by atoms with Crippen LogP contribution in [-0.2, 0) is 9.53 Å². The standard InChI is InChI=1S/C21H25N5O2S/c1-28-12-7-22-19(27)14-25-8-10-26(11-9-25)20-17-13-18(16-5-3-2-4-6-16)29-21(17)24-15-23-20/h2-6,13,15H,7-12,14H2,1H3,(H,22,27). The molecule has 7 nitrogen and oxygen atoms in total. The SMILES string of the molecule is COCCNC(=O)CN1CCN(c2ncnc3sc(-c4ccccc4)cc23)CC1. The molecule has 0 unspecified atom stereocenters. The third-order valence-electron chi connectivity index (χ3n) is 5.03. The van der Waals surface area contributed by atoms with Gasteiger partial charge >= 0.3 is 0 Å². The second-order valence-electron chi connectivity index (χ2n) is 7.00. The summed E-state index contributed by atoms with van der Waals surface area (Å²) in [6.45, 7) is 4.86. The molecule has 0 atom stereocenters. The predicted molar refractivity (Wildman–Crippen MR) is 116 cm³/mol. The summed E-state index contributed by atoms with van der Waals surface area (Å²) >= 11 is 1.70. The van der Waals surface area contributed by atoms with Gasteiger partial charge in [-0.2, -0.15) is 0 Å². The number of thiophene rings is 1. The maximum atomic E-state index is 12.0. The first-order valence-electron chi connectivity index (χ1n) is 9.77. The van der Waals surface area contributed by atoms with Crippen molar-refractivity contribution in [1.29, 1.82) is 0 Å². The van der Waals surface area contributed by atoms with Crippen LogP contribution in [0, 0.1) is 0 Å². The van der Waals surface area contributed by atoms with Crippen LogP contribution in [0.25, 0.3) is 20.7 Å². The van der Waals surface area contributed by atoms with Crippen molar-refractivity contribution in [3.63, 3.8) is 0 Å². The van der Waals surface area contributed by atoms with E-state index in [4.69, 9.17) is 4.74 Å². The van der Waals surface area contributed by atoms with Gasteiger partial charge in [-0.05, 0) is 11.6 Å². The number of amides is 1. The molecule has 1 N–H and O–H groups in total. The van der Waals surface area contributed by atoms with Gasteiger partial charge in [0, 0.05) is 44.7 Å². The lowest BCUT2D eigenvalue weighted by Gasteiger charge is -2.35. The Kier molecular flexibility index (Phi) is 6.33. The van der Waals surface area contributed by atoms with Crippen molar-refractivity contribution in [2.45, 2.75) is 0 Å². The van der Waals surface area contributed by atoms with E-state index in [1.54, 1.807) is 24.8 Å². The highest BCUT2D eigenvalue weighted by atomic mass is 32.1. The lowest BCUT2D eigenvalue weighted by molar-refractivity contribution is -0.122. The molecule has 4 rings (SSSR count). The van der Waals surface area contributed by atoms with Crippen molar-refractivity contribution in [3.05, 3.63) is 42.7 Å². The number of anilines is 1. The number of nitrogens with one attached hydrogen (secondary N) is 1. The Hall–Kier alpha value is -2.55. The van der Waals surface area contributed by atoms with E-state index in [1.807, 2.05) is 6.07 Å². The lowest BCUT2D eigenvalue weighted by atomic mass is 10.2. The normalized spacial score (nSPS) is 15.0. The average Bonchev–Trinajstić information content (AvgIpc) is 3.20. The first kappa shape index (κ1) is 19.8. The molecule has 0 bridgehead atoms. The largest absolute Gasteiger partial charge is 0.383 e. The van der Waals surface area contributed by atoms with Gasteiger partial charge in [-0.3, -0.25) is 9.69 Å². The smallest absolute Gasteiger partial charge is 0.234 e. The highest BCUT2D eigenvalue weighted by molar-refractivity contribution is 7.21. The van der Waals surface area contributed by atoms with E-state index in [1.165, 1.54) is 10.4 Å². The van der Waals surface area contributed by atoms with Gasteiger partial charge in [0.05, 0.1) is 18.5 Å². The number of methoxy groups -OCH3 is 1. The van der Waals surface area contributed by atoms with E-state index < -0.39 is 0 Å². The first-order valence-corrected chi connectivity index (χ1v) is 10.6. The van der Waals surface area contributed by atoms with Gasteiger partial charge in [0.25, 0.3) is 0 Å². The van der Waals surface area contributed by atoms with E-state index in [0.717, 1.165) is 42.2 Å². The van der Waals surface area contributed by atoms with E-state index in [-0.39, 0.29) is 5.91 Å². The number of hydrogen-bond acceptors (Lipinski definition) is 7. The fourth-order valence-electron chi connectivity index (χ4n) is 3.51. The number of ether oxygens (including phenoxy) is 1. The minimum atomic E-state index is 0.0465. The van der Waals surface area contributed by atoms with E-state index in [9.17, 15) is 4.79 Å². The molecular weight excluding hydrogens is 386 g/mol. The van der Waals surface area contributed by atoms with Crippen molar-refractivity contribution < 1.29 is 9.53 Å². The van der Waals surface area contributed by atoms with E-state index in [0.29, 0.717) is 19.7 Å². The van der Waals surface area contributed by atoms with Crippen LogP contribution in [-0.4, -0.2) is 73.8 Å². The number of rotatable bonds is 7. The Balaban J connectivity index is 1.42. The molecule has 29 heavy (non-hydrogen) atoms. The number of fused-ring (bicyclic) bond motifs is 1. The van der Waals surface area contributed by atoms with Gasteiger partial charge in [0.2, 0.25) is 5.91 Å². The predicted octanol–water partition coefficient (Wildman–Crippen LogP) is 2.24.